The molecule has 0 bridgehead atoms. The van der Waals surface area contributed by atoms with Crippen molar-refractivity contribution in [3.63, 3.8) is 0 Å². The lowest BCUT2D eigenvalue weighted by molar-refractivity contribution is -0.870. The molecule has 370 valence electrons. The maximum Gasteiger partial charge on any atom is 0.472 e. The Morgan fingerprint density at radius 1 is 0.540 bits per heavy atom. The number of nitrogens with zero attached hydrogens (tertiary/aromatic N) is 1. The Kier molecular flexibility index (Phi) is 44.5. The SMILES string of the molecule is CCCCCCCCCCC/C=C\C/C=C\CCCCCCCCCC(=O)NC(COP(=O)(O)OCC[N+](C)(C)C)C(O)/C=C/CC/C=C/CCCCCCCCCCCCCC. The summed E-state index contributed by atoms with van der Waals surface area (Å²) in [5.41, 5.74) is 0. The van der Waals surface area contributed by atoms with E-state index in [1.54, 1.807) is 6.08 Å². The number of hydrogen-bond donors (Lipinski definition) is 3. The number of quaternary nitrogens is 1. The summed E-state index contributed by atoms with van der Waals surface area (Å²) in [7, 11) is 1.55. The number of carbonyl (C=O) groups excluding carboxylic acids is 1. The van der Waals surface area contributed by atoms with E-state index < -0.39 is 20.0 Å². The zero-order chi connectivity index (χ0) is 46.4. The van der Waals surface area contributed by atoms with Gasteiger partial charge >= 0.3 is 7.82 Å². The minimum absolute atomic E-state index is 0.0536. The van der Waals surface area contributed by atoms with Crippen LogP contribution in [0.15, 0.2) is 48.6 Å². The quantitative estimate of drug-likeness (QED) is 0.0243. The lowest BCUT2D eigenvalue weighted by Gasteiger charge is -2.25. The van der Waals surface area contributed by atoms with Gasteiger partial charge in [0.2, 0.25) is 5.91 Å². The third kappa shape index (κ3) is 48.2. The number of aliphatic hydroxyl groups excluding tert-OH is 1. The van der Waals surface area contributed by atoms with Gasteiger partial charge < -0.3 is 19.8 Å². The molecule has 8 nitrogen and oxygen atoms in total. The number of phosphoric acid groups is 1. The molecular formula is C54H104N2O6P+. The molecule has 0 saturated heterocycles. The molecule has 0 spiro atoms. The van der Waals surface area contributed by atoms with Crippen molar-refractivity contribution < 1.29 is 32.9 Å². The van der Waals surface area contributed by atoms with Crippen molar-refractivity contribution >= 4 is 13.7 Å². The Hall–Kier alpha value is -1.54. The third-order valence-electron chi connectivity index (χ3n) is 11.8. The van der Waals surface area contributed by atoms with E-state index >= 15 is 0 Å². The Morgan fingerprint density at radius 2 is 0.921 bits per heavy atom. The number of amides is 1. The number of carbonyl (C=O) groups is 1. The van der Waals surface area contributed by atoms with Crippen molar-refractivity contribution in [3.8, 4) is 0 Å². The lowest BCUT2D eigenvalue weighted by Crippen LogP contribution is -2.45. The molecule has 3 unspecified atom stereocenters. The summed E-state index contributed by atoms with van der Waals surface area (Å²) < 4.78 is 23.6. The highest BCUT2D eigenvalue weighted by molar-refractivity contribution is 7.47. The second-order valence-electron chi connectivity index (χ2n) is 19.2. The predicted molar refractivity (Wildman–Crippen MR) is 272 cm³/mol. The van der Waals surface area contributed by atoms with E-state index in [0.29, 0.717) is 17.4 Å². The van der Waals surface area contributed by atoms with E-state index in [1.165, 1.54) is 167 Å². The third-order valence-corrected chi connectivity index (χ3v) is 12.8. The zero-order valence-corrected chi connectivity index (χ0v) is 43.0. The van der Waals surface area contributed by atoms with Gasteiger partial charge in [-0.15, -0.1) is 0 Å². The fraction of sp³-hybridized carbons (Fsp3) is 0.833. The van der Waals surface area contributed by atoms with E-state index in [9.17, 15) is 19.4 Å². The molecule has 0 fully saturated rings. The Labute approximate surface area is 390 Å². The van der Waals surface area contributed by atoms with Gasteiger partial charge in [-0.05, 0) is 64.2 Å². The Morgan fingerprint density at radius 3 is 1.37 bits per heavy atom. The van der Waals surface area contributed by atoms with Crippen LogP contribution in [0, 0.1) is 0 Å². The molecule has 0 aromatic carbocycles. The maximum atomic E-state index is 12.9. The van der Waals surface area contributed by atoms with Crippen LogP contribution in [-0.2, 0) is 18.4 Å². The minimum atomic E-state index is -4.35. The summed E-state index contributed by atoms with van der Waals surface area (Å²) in [5, 5.41) is 13.9. The lowest BCUT2D eigenvalue weighted by atomic mass is 10.0. The molecule has 0 aromatic rings. The summed E-state index contributed by atoms with van der Waals surface area (Å²) in [5.74, 6) is -0.194. The van der Waals surface area contributed by atoms with Crippen molar-refractivity contribution in [2.24, 2.45) is 0 Å². The molecule has 0 radical (unpaired) electrons. The molecule has 0 aromatic heterocycles. The summed E-state index contributed by atoms with van der Waals surface area (Å²) in [6.45, 7) is 4.80. The van der Waals surface area contributed by atoms with Crippen LogP contribution in [-0.4, -0.2) is 73.4 Å². The van der Waals surface area contributed by atoms with Gasteiger partial charge in [-0.1, -0.05) is 217 Å². The van der Waals surface area contributed by atoms with Crippen LogP contribution in [0.2, 0.25) is 0 Å². The first-order valence-electron chi connectivity index (χ1n) is 26.5. The van der Waals surface area contributed by atoms with Gasteiger partial charge in [0, 0.05) is 6.42 Å². The molecular weight excluding hydrogens is 804 g/mol. The molecule has 0 aliphatic rings. The Bertz CT molecular complexity index is 1170. The van der Waals surface area contributed by atoms with Crippen LogP contribution in [0.1, 0.15) is 239 Å². The highest BCUT2D eigenvalue weighted by Gasteiger charge is 2.27. The van der Waals surface area contributed by atoms with Gasteiger partial charge in [0.1, 0.15) is 13.2 Å². The van der Waals surface area contributed by atoms with Crippen LogP contribution in [0.4, 0.5) is 0 Å². The van der Waals surface area contributed by atoms with Crippen molar-refractivity contribution in [2.45, 2.75) is 251 Å². The van der Waals surface area contributed by atoms with Gasteiger partial charge in [-0.3, -0.25) is 13.8 Å². The first-order valence-corrected chi connectivity index (χ1v) is 28.0. The monoisotopic (exact) mass is 908 g/mol. The van der Waals surface area contributed by atoms with Gasteiger partial charge in [0.05, 0.1) is 39.9 Å². The molecule has 0 rings (SSSR count). The summed E-state index contributed by atoms with van der Waals surface area (Å²) >= 11 is 0. The van der Waals surface area contributed by atoms with E-state index in [4.69, 9.17) is 9.05 Å². The fourth-order valence-corrected chi connectivity index (χ4v) is 8.29. The van der Waals surface area contributed by atoms with E-state index in [1.807, 2.05) is 27.2 Å². The van der Waals surface area contributed by atoms with Crippen LogP contribution >= 0.6 is 7.82 Å². The second-order valence-corrected chi connectivity index (χ2v) is 20.7. The highest BCUT2D eigenvalue weighted by atomic mass is 31.2. The molecule has 0 heterocycles. The topological polar surface area (TPSA) is 105 Å². The van der Waals surface area contributed by atoms with Crippen LogP contribution in [0.3, 0.4) is 0 Å². The largest absolute Gasteiger partial charge is 0.472 e. The number of aliphatic hydroxyl groups is 1. The average molecular weight is 908 g/mol. The van der Waals surface area contributed by atoms with E-state index in [2.05, 4.69) is 55.6 Å². The van der Waals surface area contributed by atoms with E-state index in [-0.39, 0.29) is 19.1 Å². The second kappa shape index (κ2) is 45.6. The van der Waals surface area contributed by atoms with Gasteiger partial charge in [-0.2, -0.15) is 0 Å². The minimum Gasteiger partial charge on any atom is -0.387 e. The molecule has 3 atom stereocenters. The zero-order valence-electron chi connectivity index (χ0n) is 42.1. The predicted octanol–water partition coefficient (Wildman–Crippen LogP) is 15.6. The highest BCUT2D eigenvalue weighted by Crippen LogP contribution is 2.43. The summed E-state index contributed by atoms with van der Waals surface area (Å²) in [4.78, 5) is 23.2. The molecule has 0 aliphatic heterocycles. The molecule has 1 amide bonds. The average Bonchev–Trinajstić information content (AvgIpc) is 3.24. The summed E-state index contributed by atoms with van der Waals surface area (Å²) in [6, 6.07) is -0.868. The molecule has 63 heavy (non-hydrogen) atoms. The van der Waals surface area contributed by atoms with Crippen molar-refractivity contribution in [3.05, 3.63) is 48.6 Å². The van der Waals surface area contributed by atoms with Crippen LogP contribution in [0.25, 0.3) is 0 Å². The number of allylic oxidation sites excluding steroid dienone is 7. The first kappa shape index (κ1) is 61.5. The maximum absolute atomic E-state index is 12.9. The number of phosphoric ester groups is 1. The van der Waals surface area contributed by atoms with Crippen molar-refractivity contribution in [1.29, 1.82) is 0 Å². The molecule has 3 N–H and O–H groups in total. The number of nitrogens with one attached hydrogen (secondary N) is 1. The smallest absolute Gasteiger partial charge is 0.387 e. The normalized spacial score (nSPS) is 14.5. The molecule has 0 aliphatic carbocycles. The molecule has 0 saturated carbocycles. The first-order chi connectivity index (χ1) is 30.5. The van der Waals surface area contributed by atoms with Crippen molar-refractivity contribution in [1.82, 2.24) is 5.32 Å². The van der Waals surface area contributed by atoms with Crippen molar-refractivity contribution in [2.75, 3.05) is 40.9 Å². The Balaban J connectivity index is 4.34. The number of hydrogen-bond acceptors (Lipinski definition) is 5. The standard InChI is InChI=1S/C54H103N2O6P/c1-6-8-10-12-14-16-18-20-22-24-26-27-28-29-30-32-34-36-38-40-42-44-46-48-54(58)55-52(51-62-63(59,60)61-50-49-56(3,4)5)53(57)47-45-43-41-39-37-35-33-31-25-23-21-19-17-15-13-11-9-7-2/h26-27,29-30,37,39,45,47,52-53,57H,6-25,28,31-36,38,40-44,46,48-51H2,1-5H3,(H-,55,58,59,60)/p+1/b27-26-,30-29-,39-37+,47-45+. The summed E-state index contributed by atoms with van der Waals surface area (Å²) in [6.07, 6.45) is 59.1. The van der Waals surface area contributed by atoms with Crippen LogP contribution in [0.5, 0.6) is 0 Å². The van der Waals surface area contributed by atoms with Crippen LogP contribution < -0.4 is 5.32 Å². The number of likely N-dealkylation sites (N-methyl/N-ethyl adjacent to an activating group) is 1. The molecule has 9 heteroatoms. The number of unbranched alkanes of at least 4 members (excludes halogenated alkanes) is 29. The van der Waals surface area contributed by atoms with E-state index in [0.717, 1.165) is 51.4 Å². The van der Waals surface area contributed by atoms with Gasteiger partial charge in [-0.25, -0.2) is 4.57 Å². The van der Waals surface area contributed by atoms with Gasteiger partial charge in [0.25, 0.3) is 0 Å². The fourth-order valence-electron chi connectivity index (χ4n) is 7.56. The number of rotatable bonds is 48. The van der Waals surface area contributed by atoms with Gasteiger partial charge in [0.15, 0.2) is 0 Å².